The summed E-state index contributed by atoms with van der Waals surface area (Å²) in [5.41, 5.74) is 5.43. The Labute approximate surface area is 160 Å². The maximum absolute atomic E-state index is 11.8. The van der Waals surface area contributed by atoms with E-state index in [0.29, 0.717) is 10.7 Å². The van der Waals surface area contributed by atoms with Crippen molar-refractivity contribution >= 4 is 35.3 Å². The summed E-state index contributed by atoms with van der Waals surface area (Å²) in [5, 5.41) is 6.99. The molecule has 0 saturated heterocycles. The second-order valence-corrected chi connectivity index (χ2v) is 6.58. The molecule has 6 heteroatoms. The van der Waals surface area contributed by atoms with Crippen LogP contribution in [0.15, 0.2) is 52.7 Å². The maximum Gasteiger partial charge on any atom is 0.240 e. The molecule has 0 aromatic heterocycles. The molecule has 140 valence electrons. The summed E-state index contributed by atoms with van der Waals surface area (Å²) in [7, 11) is 0. The molecule has 2 amide bonds. The molecule has 0 radical (unpaired) electrons. The molecule has 1 rings (SSSR count). The molecule has 0 aliphatic heterocycles. The fraction of sp³-hybridized carbons (Fsp3) is 0.350. The van der Waals surface area contributed by atoms with Crippen LogP contribution in [0.25, 0.3) is 0 Å². The highest BCUT2D eigenvalue weighted by molar-refractivity contribution is 6.33. The number of allylic oxidation sites excluding steroid dienone is 4. The van der Waals surface area contributed by atoms with Gasteiger partial charge in [-0.25, -0.2) is 5.43 Å². The van der Waals surface area contributed by atoms with E-state index in [4.69, 9.17) is 11.6 Å². The third kappa shape index (κ3) is 9.79. The number of nitrogens with zero attached hydrogens (tertiary/aromatic N) is 1. The summed E-state index contributed by atoms with van der Waals surface area (Å²) in [6.45, 7) is 6.17. The molecule has 0 heterocycles. The normalized spacial score (nSPS) is 11.3. The van der Waals surface area contributed by atoms with E-state index in [-0.39, 0.29) is 24.7 Å². The molecule has 1 aromatic rings. The monoisotopic (exact) mass is 375 g/mol. The van der Waals surface area contributed by atoms with Crippen molar-refractivity contribution in [1.82, 2.24) is 5.43 Å². The van der Waals surface area contributed by atoms with E-state index < -0.39 is 0 Å². The summed E-state index contributed by atoms with van der Waals surface area (Å²) in [5.74, 6) is -0.585. The molecule has 0 fully saturated rings. The molecule has 0 spiro atoms. The van der Waals surface area contributed by atoms with Gasteiger partial charge in [0.2, 0.25) is 11.8 Å². The number of anilines is 1. The lowest BCUT2D eigenvalue weighted by atomic mass is 10.1. The predicted molar refractivity (Wildman–Crippen MR) is 108 cm³/mol. The Kier molecular flexibility index (Phi) is 10.0. The highest BCUT2D eigenvalue weighted by Crippen LogP contribution is 2.20. The summed E-state index contributed by atoms with van der Waals surface area (Å²) in [6, 6.07) is 6.95. The van der Waals surface area contributed by atoms with E-state index in [1.54, 1.807) is 30.5 Å². The minimum atomic E-state index is -0.314. The number of carbonyl (C=O) groups excluding carboxylic acids is 2. The third-order valence-electron chi connectivity index (χ3n) is 3.44. The van der Waals surface area contributed by atoms with Crippen molar-refractivity contribution in [3.05, 3.63) is 52.6 Å². The number of hydrazone groups is 1. The van der Waals surface area contributed by atoms with Gasteiger partial charge < -0.3 is 5.32 Å². The molecular formula is C20H26ClN3O2. The topological polar surface area (TPSA) is 70.6 Å². The Bertz CT molecular complexity index is 705. The number of nitrogens with one attached hydrogen (secondary N) is 2. The minimum Gasteiger partial charge on any atom is -0.325 e. The van der Waals surface area contributed by atoms with Gasteiger partial charge in [0.25, 0.3) is 0 Å². The first-order chi connectivity index (χ1) is 12.4. The second-order valence-electron chi connectivity index (χ2n) is 6.17. The van der Waals surface area contributed by atoms with Gasteiger partial charge in [0, 0.05) is 19.1 Å². The van der Waals surface area contributed by atoms with Crippen molar-refractivity contribution in [3.8, 4) is 0 Å². The van der Waals surface area contributed by atoms with Crippen LogP contribution in [0, 0.1) is 0 Å². The molecule has 5 nitrogen and oxygen atoms in total. The number of para-hydroxylation sites is 1. The zero-order chi connectivity index (χ0) is 19.4. The van der Waals surface area contributed by atoms with Gasteiger partial charge in [-0.05, 0) is 51.8 Å². The first-order valence-corrected chi connectivity index (χ1v) is 8.91. The second kappa shape index (κ2) is 12.0. The fourth-order valence-electron chi connectivity index (χ4n) is 2.00. The number of hydrogen-bond donors (Lipinski definition) is 2. The van der Waals surface area contributed by atoms with E-state index in [1.165, 1.54) is 11.1 Å². The number of hydrogen-bond acceptors (Lipinski definition) is 3. The van der Waals surface area contributed by atoms with Gasteiger partial charge in [0.1, 0.15) is 0 Å². The van der Waals surface area contributed by atoms with E-state index >= 15 is 0 Å². The number of benzene rings is 1. The zero-order valence-corrected chi connectivity index (χ0v) is 16.3. The largest absolute Gasteiger partial charge is 0.325 e. The number of carbonyl (C=O) groups is 2. The molecule has 0 unspecified atom stereocenters. The van der Waals surface area contributed by atoms with Crippen LogP contribution in [0.3, 0.4) is 0 Å². The molecule has 0 bridgehead atoms. The van der Waals surface area contributed by atoms with Crippen LogP contribution in [-0.2, 0) is 9.59 Å². The zero-order valence-electron chi connectivity index (χ0n) is 15.5. The van der Waals surface area contributed by atoms with Gasteiger partial charge in [0.15, 0.2) is 0 Å². The quantitative estimate of drug-likeness (QED) is 0.368. The Morgan fingerprint density at radius 2 is 1.77 bits per heavy atom. The van der Waals surface area contributed by atoms with Crippen molar-refractivity contribution in [2.45, 2.75) is 46.5 Å². The van der Waals surface area contributed by atoms with Gasteiger partial charge in [0.05, 0.1) is 10.7 Å². The Morgan fingerprint density at radius 1 is 1.08 bits per heavy atom. The van der Waals surface area contributed by atoms with Gasteiger partial charge in [-0.15, -0.1) is 0 Å². The van der Waals surface area contributed by atoms with Gasteiger partial charge in [-0.1, -0.05) is 41.0 Å². The van der Waals surface area contributed by atoms with Crippen molar-refractivity contribution in [2.75, 3.05) is 5.32 Å². The lowest BCUT2D eigenvalue weighted by Gasteiger charge is -2.06. The SMILES string of the molecule is CC(C)=CCCC(C)=CC=NNC(=O)CCC(=O)Nc1ccccc1Cl. The van der Waals surface area contributed by atoms with Crippen LogP contribution in [-0.4, -0.2) is 18.0 Å². The molecule has 26 heavy (non-hydrogen) atoms. The molecule has 1 aromatic carbocycles. The standard InChI is InChI=1S/C20H26ClN3O2/c1-15(2)7-6-8-16(3)13-14-22-24-20(26)12-11-19(25)23-18-10-5-4-9-17(18)21/h4-5,7,9-10,13-14H,6,8,11-12H2,1-3H3,(H,23,25)(H,24,26). The van der Waals surface area contributed by atoms with Crippen LogP contribution in [0.5, 0.6) is 0 Å². The van der Waals surface area contributed by atoms with E-state index in [2.05, 4.69) is 35.8 Å². The van der Waals surface area contributed by atoms with Crippen LogP contribution >= 0.6 is 11.6 Å². The third-order valence-corrected chi connectivity index (χ3v) is 3.77. The molecule has 2 N–H and O–H groups in total. The molecule has 0 atom stereocenters. The molecule has 0 aliphatic carbocycles. The highest BCUT2D eigenvalue weighted by atomic mass is 35.5. The molecule has 0 aliphatic rings. The number of amides is 2. The van der Waals surface area contributed by atoms with E-state index in [9.17, 15) is 9.59 Å². The van der Waals surface area contributed by atoms with Gasteiger partial charge in [-0.2, -0.15) is 5.10 Å². The van der Waals surface area contributed by atoms with Crippen LogP contribution in [0.1, 0.15) is 46.5 Å². The lowest BCUT2D eigenvalue weighted by molar-refractivity contribution is -0.124. The predicted octanol–water partition coefficient (Wildman–Crippen LogP) is 4.85. The molecule has 0 saturated carbocycles. The average Bonchev–Trinajstić information content (AvgIpc) is 2.58. The number of rotatable bonds is 9. The maximum atomic E-state index is 11.8. The molecular weight excluding hydrogens is 350 g/mol. The summed E-state index contributed by atoms with van der Waals surface area (Å²) >= 11 is 5.97. The van der Waals surface area contributed by atoms with Gasteiger partial charge in [-0.3, -0.25) is 9.59 Å². The number of halogens is 1. The van der Waals surface area contributed by atoms with Crippen LogP contribution < -0.4 is 10.7 Å². The fourth-order valence-corrected chi connectivity index (χ4v) is 2.19. The Morgan fingerprint density at radius 3 is 2.46 bits per heavy atom. The first kappa shape index (κ1) is 21.6. The average molecular weight is 376 g/mol. The van der Waals surface area contributed by atoms with E-state index in [0.717, 1.165) is 12.8 Å². The lowest BCUT2D eigenvalue weighted by Crippen LogP contribution is -2.20. The summed E-state index contributed by atoms with van der Waals surface area (Å²) < 4.78 is 0. The summed E-state index contributed by atoms with van der Waals surface area (Å²) in [4.78, 5) is 23.5. The van der Waals surface area contributed by atoms with E-state index in [1.807, 2.05) is 13.0 Å². The smallest absolute Gasteiger partial charge is 0.240 e. The van der Waals surface area contributed by atoms with Crippen molar-refractivity contribution in [2.24, 2.45) is 5.10 Å². The van der Waals surface area contributed by atoms with Crippen molar-refractivity contribution in [3.63, 3.8) is 0 Å². The van der Waals surface area contributed by atoms with Crippen LogP contribution in [0.2, 0.25) is 5.02 Å². The Balaban J connectivity index is 2.28. The highest BCUT2D eigenvalue weighted by Gasteiger charge is 2.08. The van der Waals surface area contributed by atoms with Crippen molar-refractivity contribution < 1.29 is 9.59 Å². The van der Waals surface area contributed by atoms with Crippen LogP contribution in [0.4, 0.5) is 5.69 Å². The minimum absolute atomic E-state index is 0.0525. The van der Waals surface area contributed by atoms with Gasteiger partial charge >= 0.3 is 0 Å². The Hall–Kier alpha value is -2.40. The summed E-state index contributed by atoms with van der Waals surface area (Å²) in [6.07, 6.45) is 7.66. The first-order valence-electron chi connectivity index (χ1n) is 8.54. The van der Waals surface area contributed by atoms with Crippen molar-refractivity contribution in [1.29, 1.82) is 0 Å².